The normalized spacial score (nSPS) is 19.8. The molecule has 4 heterocycles. The molecule has 1 aliphatic rings. The van der Waals surface area contributed by atoms with Gasteiger partial charge < -0.3 is 10.2 Å². The Morgan fingerprint density at radius 2 is 1.97 bits per heavy atom. The highest BCUT2D eigenvalue weighted by molar-refractivity contribution is 5.63. The fraction of sp³-hybridized carbons (Fsp3) is 0.409. The van der Waals surface area contributed by atoms with Crippen LogP contribution in [0.1, 0.15) is 44.1 Å². The van der Waals surface area contributed by atoms with Gasteiger partial charge >= 0.3 is 0 Å². The second kappa shape index (κ2) is 8.61. The molecule has 1 saturated heterocycles. The topological polar surface area (TPSA) is 79.7 Å². The zero-order valence-electron chi connectivity index (χ0n) is 17.2. The first-order valence-electron chi connectivity index (χ1n) is 10.2. The monoisotopic (exact) mass is 389 g/mol. The van der Waals surface area contributed by atoms with Gasteiger partial charge in [0.25, 0.3) is 0 Å². The lowest BCUT2D eigenvalue weighted by Gasteiger charge is -2.36. The van der Waals surface area contributed by atoms with E-state index >= 15 is 0 Å². The van der Waals surface area contributed by atoms with E-state index in [0.29, 0.717) is 12.0 Å². The van der Waals surface area contributed by atoms with Crippen LogP contribution < -0.4 is 5.32 Å². The first kappa shape index (κ1) is 19.4. The van der Waals surface area contributed by atoms with E-state index in [-0.39, 0.29) is 0 Å². The molecule has 0 aliphatic carbocycles. The number of nitrogens with one attached hydrogen (secondary N) is 1. The van der Waals surface area contributed by atoms with Crippen molar-refractivity contribution in [3.8, 4) is 11.4 Å². The highest BCUT2D eigenvalue weighted by atomic mass is 15.2. The van der Waals surface area contributed by atoms with E-state index in [4.69, 9.17) is 9.97 Å². The summed E-state index contributed by atoms with van der Waals surface area (Å²) in [6.45, 7) is 8.52. The van der Waals surface area contributed by atoms with E-state index in [2.05, 4.69) is 39.0 Å². The van der Waals surface area contributed by atoms with Crippen molar-refractivity contribution in [2.24, 2.45) is 0 Å². The highest BCUT2D eigenvalue weighted by Crippen LogP contribution is 2.30. The van der Waals surface area contributed by atoms with Gasteiger partial charge in [-0.15, -0.1) is 0 Å². The average Bonchev–Trinajstić information content (AvgIpc) is 2.74. The summed E-state index contributed by atoms with van der Waals surface area (Å²) < 4.78 is 0. The summed E-state index contributed by atoms with van der Waals surface area (Å²) in [7, 11) is 0. The lowest BCUT2D eigenvalue weighted by atomic mass is 9.92. The lowest BCUT2D eigenvalue weighted by Crippen LogP contribution is -2.41. The summed E-state index contributed by atoms with van der Waals surface area (Å²) in [6, 6.07) is 6.49. The number of likely N-dealkylation sites (N-methyl/N-ethyl adjacent to an activating group) is 1. The maximum Gasteiger partial charge on any atom is 0.135 e. The fourth-order valence-electron chi connectivity index (χ4n) is 3.88. The summed E-state index contributed by atoms with van der Waals surface area (Å²) in [6.07, 6.45) is 9.15. The molecule has 0 aromatic carbocycles. The Labute approximate surface area is 171 Å². The van der Waals surface area contributed by atoms with Gasteiger partial charge in [0.2, 0.25) is 0 Å². The number of hydrogen-bond donors (Lipinski definition) is 1. The van der Waals surface area contributed by atoms with Crippen molar-refractivity contribution < 1.29 is 0 Å². The third kappa shape index (κ3) is 4.56. The van der Waals surface area contributed by atoms with Crippen molar-refractivity contribution in [3.05, 3.63) is 54.5 Å². The molecule has 0 radical (unpaired) electrons. The zero-order chi connectivity index (χ0) is 20.2. The number of aromatic nitrogens is 5. The van der Waals surface area contributed by atoms with Gasteiger partial charge in [0.1, 0.15) is 17.3 Å². The van der Waals surface area contributed by atoms with E-state index in [9.17, 15) is 0 Å². The van der Waals surface area contributed by atoms with Gasteiger partial charge in [-0.3, -0.25) is 15.0 Å². The average molecular weight is 390 g/mol. The van der Waals surface area contributed by atoms with E-state index in [0.717, 1.165) is 60.3 Å². The van der Waals surface area contributed by atoms with Gasteiger partial charge in [-0.05, 0) is 45.4 Å². The number of hydrogen-bond acceptors (Lipinski definition) is 7. The first-order chi connectivity index (χ1) is 14.1. The van der Waals surface area contributed by atoms with Gasteiger partial charge in [0.15, 0.2) is 0 Å². The van der Waals surface area contributed by atoms with E-state index in [1.54, 1.807) is 24.8 Å². The Balaban J connectivity index is 1.70. The molecule has 1 N–H and O–H groups in total. The van der Waals surface area contributed by atoms with Crippen LogP contribution in [0, 0.1) is 6.92 Å². The number of rotatable bonds is 5. The summed E-state index contributed by atoms with van der Waals surface area (Å²) in [5.41, 5.74) is 3.46. The van der Waals surface area contributed by atoms with Crippen molar-refractivity contribution in [2.45, 2.75) is 45.6 Å². The Morgan fingerprint density at radius 1 is 1.07 bits per heavy atom. The number of likely N-dealkylation sites (tertiary alicyclic amines) is 1. The third-order valence-corrected chi connectivity index (χ3v) is 5.52. The minimum Gasteiger partial charge on any atom is -0.340 e. The largest absolute Gasteiger partial charge is 0.340 e. The van der Waals surface area contributed by atoms with Crippen molar-refractivity contribution >= 4 is 11.5 Å². The van der Waals surface area contributed by atoms with Crippen LogP contribution in [0.15, 0.2) is 43.0 Å². The molecular weight excluding hydrogens is 362 g/mol. The SMILES string of the molecule is CCN1C[C@H](c2nc(Nc3ccnc(C)c3)cc(-c3cnccn3)n2)CC[C@@H]1C. The van der Waals surface area contributed by atoms with Crippen LogP contribution in [0.4, 0.5) is 11.5 Å². The molecule has 0 amide bonds. The smallest absolute Gasteiger partial charge is 0.135 e. The van der Waals surface area contributed by atoms with Crippen LogP contribution in [0.3, 0.4) is 0 Å². The van der Waals surface area contributed by atoms with Crippen molar-refractivity contribution in [1.82, 2.24) is 29.8 Å². The van der Waals surface area contributed by atoms with E-state index < -0.39 is 0 Å². The predicted octanol–water partition coefficient (Wildman–Crippen LogP) is 3.97. The van der Waals surface area contributed by atoms with Crippen LogP contribution in [-0.4, -0.2) is 49.0 Å². The summed E-state index contributed by atoms with van der Waals surface area (Å²) in [4.78, 5) is 25.2. The maximum absolute atomic E-state index is 4.89. The molecule has 0 spiro atoms. The molecule has 3 aromatic rings. The molecular formula is C22H27N7. The molecule has 1 fully saturated rings. The molecule has 3 aromatic heterocycles. The van der Waals surface area contributed by atoms with Crippen molar-refractivity contribution in [3.63, 3.8) is 0 Å². The maximum atomic E-state index is 4.89. The van der Waals surface area contributed by atoms with E-state index in [1.807, 2.05) is 25.1 Å². The van der Waals surface area contributed by atoms with Crippen LogP contribution in [0.5, 0.6) is 0 Å². The molecule has 29 heavy (non-hydrogen) atoms. The zero-order valence-corrected chi connectivity index (χ0v) is 17.2. The second-order valence-corrected chi connectivity index (χ2v) is 7.61. The Morgan fingerprint density at radius 3 is 2.72 bits per heavy atom. The van der Waals surface area contributed by atoms with E-state index in [1.165, 1.54) is 0 Å². The molecule has 150 valence electrons. The number of aryl methyl sites for hydroxylation is 1. The summed E-state index contributed by atoms with van der Waals surface area (Å²) in [5.74, 6) is 1.94. The summed E-state index contributed by atoms with van der Waals surface area (Å²) >= 11 is 0. The molecule has 4 rings (SSSR count). The number of nitrogens with zero attached hydrogens (tertiary/aromatic N) is 6. The number of pyridine rings is 1. The van der Waals surface area contributed by atoms with Gasteiger partial charge in [-0.2, -0.15) is 0 Å². The predicted molar refractivity (Wildman–Crippen MR) is 114 cm³/mol. The Hall–Kier alpha value is -2.93. The highest BCUT2D eigenvalue weighted by Gasteiger charge is 2.27. The third-order valence-electron chi connectivity index (χ3n) is 5.52. The Bertz CT molecular complexity index is 960. The van der Waals surface area contributed by atoms with Crippen LogP contribution in [0.25, 0.3) is 11.4 Å². The number of anilines is 2. The van der Waals surface area contributed by atoms with Gasteiger partial charge in [-0.1, -0.05) is 6.92 Å². The Kier molecular flexibility index (Phi) is 5.76. The molecule has 1 aliphatic heterocycles. The minimum absolute atomic E-state index is 0.308. The number of piperidine rings is 1. The first-order valence-corrected chi connectivity index (χ1v) is 10.2. The second-order valence-electron chi connectivity index (χ2n) is 7.61. The van der Waals surface area contributed by atoms with Crippen LogP contribution >= 0.6 is 0 Å². The van der Waals surface area contributed by atoms with Gasteiger partial charge in [0, 0.05) is 54.5 Å². The minimum atomic E-state index is 0.308. The van der Waals surface area contributed by atoms with Crippen molar-refractivity contribution in [1.29, 1.82) is 0 Å². The summed E-state index contributed by atoms with van der Waals surface area (Å²) in [5, 5.41) is 3.42. The van der Waals surface area contributed by atoms with Gasteiger partial charge in [-0.25, -0.2) is 9.97 Å². The molecule has 7 heteroatoms. The molecule has 7 nitrogen and oxygen atoms in total. The lowest BCUT2D eigenvalue weighted by molar-refractivity contribution is 0.149. The van der Waals surface area contributed by atoms with Gasteiger partial charge in [0.05, 0.1) is 11.9 Å². The van der Waals surface area contributed by atoms with Crippen LogP contribution in [0.2, 0.25) is 0 Å². The molecule has 0 unspecified atom stereocenters. The standard InChI is InChI=1S/C22H27N7/c1-4-29-14-17(6-5-16(29)3)22-27-19(20-13-23-9-10-25-20)12-21(28-22)26-18-7-8-24-15(2)11-18/h7-13,16-17H,4-6,14H2,1-3H3,(H,24,26,27,28)/t16-,17+/m0/s1. The molecule has 0 bridgehead atoms. The van der Waals surface area contributed by atoms with Crippen molar-refractivity contribution in [2.75, 3.05) is 18.4 Å². The quantitative estimate of drug-likeness (QED) is 0.707. The molecule has 2 atom stereocenters. The fourth-order valence-corrected chi connectivity index (χ4v) is 3.88. The van der Waals surface area contributed by atoms with Crippen LogP contribution in [-0.2, 0) is 0 Å². The molecule has 0 saturated carbocycles.